The van der Waals surface area contributed by atoms with Crippen LogP contribution in [0.1, 0.15) is 74.3 Å². The summed E-state index contributed by atoms with van der Waals surface area (Å²) in [6, 6.07) is 1.61. The van der Waals surface area contributed by atoms with E-state index in [2.05, 4.69) is 20.2 Å². The molecule has 2 aliphatic rings. The fourth-order valence-electron chi connectivity index (χ4n) is 5.91. The Morgan fingerprint density at radius 3 is 2.18 bits per heavy atom. The molecule has 0 bridgehead atoms. The average Bonchev–Trinajstić information content (AvgIpc) is 3.34. The van der Waals surface area contributed by atoms with E-state index in [0.29, 0.717) is 30.9 Å². The molecule has 11 heteroatoms. The van der Waals surface area contributed by atoms with E-state index in [1.54, 1.807) is 18.6 Å². The van der Waals surface area contributed by atoms with Crippen molar-refractivity contribution >= 4 is 5.91 Å². The highest BCUT2D eigenvalue weighted by Gasteiger charge is 2.49. The summed E-state index contributed by atoms with van der Waals surface area (Å²) in [7, 11) is 0. The summed E-state index contributed by atoms with van der Waals surface area (Å²) < 4.78 is 79.3. The van der Waals surface area contributed by atoms with Crippen LogP contribution in [0.15, 0.2) is 36.8 Å². The molecule has 2 atom stereocenters. The van der Waals surface area contributed by atoms with Gasteiger partial charge in [-0.15, -0.1) is 0 Å². The van der Waals surface area contributed by atoms with Gasteiger partial charge in [0.25, 0.3) is 0 Å². The van der Waals surface area contributed by atoms with Gasteiger partial charge in [-0.2, -0.15) is 26.3 Å². The summed E-state index contributed by atoms with van der Waals surface area (Å²) in [4.78, 5) is 24.4. The lowest BCUT2D eigenvalue weighted by Gasteiger charge is -2.38. The number of likely N-dealkylation sites (tertiary alicyclic amines) is 1. The molecule has 38 heavy (non-hydrogen) atoms. The van der Waals surface area contributed by atoms with Gasteiger partial charge in [0.15, 0.2) is 0 Å². The SMILES string of the molecule is CC(C)[C@]1(C(=O)NCc2cc(C(F)(F)F)cc(C(F)(F)F)c2)CC[C@@H](N2CCC(c3cnccn3)CC2)C1. The highest BCUT2D eigenvalue weighted by Crippen LogP contribution is 2.47. The van der Waals surface area contributed by atoms with Crippen LogP contribution in [0.4, 0.5) is 26.3 Å². The van der Waals surface area contributed by atoms with E-state index in [1.165, 1.54) is 0 Å². The molecule has 2 aromatic rings. The van der Waals surface area contributed by atoms with Crippen molar-refractivity contribution in [2.75, 3.05) is 13.1 Å². The van der Waals surface area contributed by atoms with Gasteiger partial charge in [-0.05, 0) is 74.9 Å². The van der Waals surface area contributed by atoms with Gasteiger partial charge in [-0.3, -0.25) is 14.8 Å². The first kappa shape index (κ1) is 28.3. The number of amides is 1. The maximum Gasteiger partial charge on any atom is 0.416 e. The minimum absolute atomic E-state index is 0.0446. The zero-order valence-corrected chi connectivity index (χ0v) is 21.4. The number of hydrogen-bond acceptors (Lipinski definition) is 4. The Hall–Kier alpha value is -2.69. The smallest absolute Gasteiger partial charge is 0.352 e. The number of benzene rings is 1. The van der Waals surface area contributed by atoms with Crippen LogP contribution >= 0.6 is 0 Å². The molecule has 208 valence electrons. The number of piperidine rings is 1. The molecule has 1 aromatic heterocycles. The van der Waals surface area contributed by atoms with Crippen LogP contribution in [-0.4, -0.2) is 39.9 Å². The van der Waals surface area contributed by atoms with E-state index in [4.69, 9.17) is 0 Å². The zero-order valence-electron chi connectivity index (χ0n) is 21.4. The third-order valence-electron chi connectivity index (χ3n) is 8.23. The minimum atomic E-state index is -4.93. The Labute approximate surface area is 218 Å². The van der Waals surface area contributed by atoms with Crippen LogP contribution < -0.4 is 5.32 Å². The number of halogens is 6. The lowest BCUT2D eigenvalue weighted by Crippen LogP contribution is -2.45. The van der Waals surface area contributed by atoms with Crippen LogP contribution in [0.3, 0.4) is 0 Å². The molecule has 2 heterocycles. The predicted octanol–water partition coefficient (Wildman–Crippen LogP) is 6.20. The van der Waals surface area contributed by atoms with Gasteiger partial charge in [0.05, 0.1) is 22.2 Å². The fraction of sp³-hybridized carbons (Fsp3) is 0.593. The Balaban J connectivity index is 1.42. The molecule has 1 amide bonds. The van der Waals surface area contributed by atoms with E-state index < -0.39 is 35.4 Å². The van der Waals surface area contributed by atoms with Crippen molar-refractivity contribution in [1.29, 1.82) is 0 Å². The van der Waals surface area contributed by atoms with Crippen LogP contribution in [-0.2, 0) is 23.7 Å². The number of carbonyl (C=O) groups excluding carboxylic acids is 1. The molecular formula is C27H32F6N4O. The first-order valence-electron chi connectivity index (χ1n) is 12.9. The Morgan fingerprint density at radius 1 is 1.03 bits per heavy atom. The summed E-state index contributed by atoms with van der Waals surface area (Å²) in [5.41, 5.74) is -2.76. The van der Waals surface area contributed by atoms with Crippen molar-refractivity contribution in [3.8, 4) is 0 Å². The number of carbonyl (C=O) groups is 1. The number of nitrogens with zero attached hydrogens (tertiary/aromatic N) is 3. The third-order valence-corrected chi connectivity index (χ3v) is 8.23. The molecule has 1 saturated heterocycles. The molecule has 5 nitrogen and oxygen atoms in total. The van der Waals surface area contributed by atoms with Gasteiger partial charge in [0.1, 0.15) is 0 Å². The number of alkyl halides is 6. The third kappa shape index (κ3) is 6.13. The lowest BCUT2D eigenvalue weighted by molar-refractivity contribution is -0.143. The monoisotopic (exact) mass is 542 g/mol. The van der Waals surface area contributed by atoms with Crippen molar-refractivity contribution in [3.05, 3.63) is 59.2 Å². The molecule has 1 aromatic carbocycles. The summed E-state index contributed by atoms with van der Waals surface area (Å²) in [5, 5.41) is 2.67. The molecule has 1 aliphatic heterocycles. The second-order valence-electron chi connectivity index (χ2n) is 10.7. The summed E-state index contributed by atoms with van der Waals surface area (Å²) in [6.45, 7) is 5.20. The topological polar surface area (TPSA) is 58.1 Å². The van der Waals surface area contributed by atoms with Crippen LogP contribution in [0.25, 0.3) is 0 Å². The van der Waals surface area contributed by atoms with Gasteiger partial charge in [-0.25, -0.2) is 0 Å². The van der Waals surface area contributed by atoms with Gasteiger partial charge < -0.3 is 10.2 Å². The normalized spacial score (nSPS) is 23.7. The highest BCUT2D eigenvalue weighted by atomic mass is 19.4. The van der Waals surface area contributed by atoms with E-state index in [1.807, 2.05) is 13.8 Å². The van der Waals surface area contributed by atoms with E-state index in [9.17, 15) is 31.1 Å². The standard InChI is InChI=1S/C27H32F6N4O/c1-17(2)25(6-3-22(14-25)37-9-4-19(5-10-37)23-16-34-7-8-35-23)24(38)36-15-18-11-20(26(28,29)30)13-21(12-18)27(31,32)33/h7-8,11-13,16-17,19,22H,3-6,9-10,14-15H2,1-2H3,(H,36,38)/t22-,25+/m1/s1. The van der Waals surface area contributed by atoms with Gasteiger partial charge in [-0.1, -0.05) is 13.8 Å². The Kier molecular flexibility index (Phi) is 8.07. The molecule has 0 unspecified atom stereocenters. The fourth-order valence-corrected chi connectivity index (χ4v) is 5.91. The molecular weight excluding hydrogens is 510 g/mol. The number of hydrogen-bond donors (Lipinski definition) is 1. The van der Waals surface area contributed by atoms with Crippen LogP contribution in [0, 0.1) is 11.3 Å². The number of nitrogens with one attached hydrogen (secondary N) is 1. The molecule has 0 radical (unpaired) electrons. The number of aromatic nitrogens is 2. The van der Waals surface area contributed by atoms with Crippen LogP contribution in [0.5, 0.6) is 0 Å². The maximum absolute atomic E-state index is 13.4. The first-order valence-corrected chi connectivity index (χ1v) is 12.9. The molecule has 4 rings (SSSR count). The molecule has 1 aliphatic carbocycles. The van der Waals surface area contributed by atoms with Crippen molar-refractivity contribution in [2.24, 2.45) is 11.3 Å². The van der Waals surface area contributed by atoms with Gasteiger partial charge in [0, 0.05) is 37.1 Å². The van der Waals surface area contributed by atoms with Crippen molar-refractivity contribution in [3.63, 3.8) is 0 Å². The first-order chi connectivity index (χ1) is 17.8. The van der Waals surface area contributed by atoms with E-state index >= 15 is 0 Å². The largest absolute Gasteiger partial charge is 0.416 e. The molecule has 1 N–H and O–H groups in total. The van der Waals surface area contributed by atoms with Crippen molar-refractivity contribution in [2.45, 2.75) is 76.8 Å². The molecule has 0 spiro atoms. The van der Waals surface area contributed by atoms with Crippen molar-refractivity contribution in [1.82, 2.24) is 20.2 Å². The average molecular weight is 543 g/mol. The Bertz CT molecular complexity index is 1080. The van der Waals surface area contributed by atoms with E-state index in [0.717, 1.165) is 38.0 Å². The second-order valence-corrected chi connectivity index (χ2v) is 10.7. The van der Waals surface area contributed by atoms with Gasteiger partial charge >= 0.3 is 12.4 Å². The van der Waals surface area contributed by atoms with Crippen LogP contribution in [0.2, 0.25) is 0 Å². The Morgan fingerprint density at radius 2 is 1.66 bits per heavy atom. The summed E-state index contributed by atoms with van der Waals surface area (Å²) in [6.07, 6.45) is -0.829. The zero-order chi connectivity index (χ0) is 27.7. The molecule has 2 fully saturated rings. The summed E-state index contributed by atoms with van der Waals surface area (Å²) in [5.74, 6) is -0.0270. The van der Waals surface area contributed by atoms with E-state index in [-0.39, 0.29) is 29.5 Å². The number of rotatable bonds is 6. The van der Waals surface area contributed by atoms with Crippen molar-refractivity contribution < 1.29 is 31.1 Å². The highest BCUT2D eigenvalue weighted by molar-refractivity contribution is 5.83. The second kappa shape index (κ2) is 10.8. The lowest BCUT2D eigenvalue weighted by atomic mass is 9.74. The maximum atomic E-state index is 13.4. The summed E-state index contributed by atoms with van der Waals surface area (Å²) >= 11 is 0. The predicted molar refractivity (Wildman–Crippen MR) is 129 cm³/mol. The minimum Gasteiger partial charge on any atom is -0.352 e. The van der Waals surface area contributed by atoms with Gasteiger partial charge in [0.2, 0.25) is 5.91 Å². The quantitative estimate of drug-likeness (QED) is 0.442. The molecule has 1 saturated carbocycles.